The summed E-state index contributed by atoms with van der Waals surface area (Å²) in [5.74, 6) is -2.49. The first-order valence-corrected chi connectivity index (χ1v) is 13.4. The fourth-order valence-electron chi connectivity index (χ4n) is 4.30. The van der Waals surface area contributed by atoms with Gasteiger partial charge in [-0.25, -0.2) is 18.3 Å². The Morgan fingerprint density at radius 3 is 1.93 bits per heavy atom. The lowest BCUT2D eigenvalue weighted by Crippen LogP contribution is -2.23. The van der Waals surface area contributed by atoms with Crippen LogP contribution in [-0.4, -0.2) is 26.0 Å². The molecule has 0 bridgehead atoms. The van der Waals surface area contributed by atoms with Crippen LogP contribution in [0.2, 0.25) is 10.0 Å². The number of hydrogen-bond donors (Lipinski definition) is 0. The van der Waals surface area contributed by atoms with E-state index in [4.69, 9.17) is 27.9 Å². The van der Waals surface area contributed by atoms with Crippen LogP contribution in [0.5, 0.6) is 5.88 Å². The Kier molecular flexibility index (Phi) is 7.66. The van der Waals surface area contributed by atoms with Crippen molar-refractivity contribution in [3.63, 3.8) is 0 Å². The van der Waals surface area contributed by atoms with Gasteiger partial charge in [0.15, 0.2) is 5.65 Å². The summed E-state index contributed by atoms with van der Waals surface area (Å²) in [7, 11) is 0. The van der Waals surface area contributed by atoms with Gasteiger partial charge in [0.25, 0.3) is 5.92 Å². The summed E-state index contributed by atoms with van der Waals surface area (Å²) in [4.78, 5) is 13.6. The maximum Gasteiger partial charge on any atom is 0.367 e. The molecule has 0 atom stereocenters. The zero-order valence-corrected chi connectivity index (χ0v) is 23.5. The van der Waals surface area contributed by atoms with Crippen molar-refractivity contribution in [3.8, 4) is 28.1 Å². The van der Waals surface area contributed by atoms with Gasteiger partial charge in [-0.2, -0.15) is 4.52 Å². The van der Waals surface area contributed by atoms with Crippen molar-refractivity contribution >= 4 is 28.8 Å². The van der Waals surface area contributed by atoms with Crippen molar-refractivity contribution in [2.75, 3.05) is 6.61 Å². The predicted molar refractivity (Wildman–Crippen MR) is 154 cm³/mol. The second kappa shape index (κ2) is 11.0. The van der Waals surface area contributed by atoms with E-state index in [2.05, 4.69) is 10.2 Å². The molecule has 0 N–H and O–H groups in total. The van der Waals surface area contributed by atoms with Crippen molar-refractivity contribution in [2.45, 2.75) is 33.2 Å². The average Bonchev–Trinajstić information content (AvgIpc) is 3.22. The van der Waals surface area contributed by atoms with Crippen LogP contribution in [0.1, 0.15) is 31.9 Å². The minimum atomic E-state index is -2.96. The molecule has 0 aliphatic rings. The Balaban J connectivity index is 1.74. The molecule has 0 spiro atoms. The third-order valence-corrected chi connectivity index (χ3v) is 6.81. The largest absolute Gasteiger partial charge is 0.476 e. The number of benzene rings is 3. The van der Waals surface area contributed by atoms with Gasteiger partial charge < -0.3 is 4.74 Å². The third-order valence-electron chi connectivity index (χ3n) is 6.31. The molecule has 0 saturated heterocycles. The van der Waals surface area contributed by atoms with E-state index >= 15 is 0 Å². The van der Waals surface area contributed by atoms with E-state index in [9.17, 15) is 13.6 Å². The molecule has 0 aliphatic heterocycles. The number of aromatic nitrogens is 4. The van der Waals surface area contributed by atoms with Crippen LogP contribution in [0, 0.1) is 5.92 Å². The summed E-state index contributed by atoms with van der Waals surface area (Å²) in [6.45, 7) is 5.32. The van der Waals surface area contributed by atoms with Gasteiger partial charge in [-0.15, -0.1) is 10.2 Å². The van der Waals surface area contributed by atoms with Crippen molar-refractivity contribution < 1.29 is 13.5 Å². The molecule has 0 aliphatic carbocycles. The summed E-state index contributed by atoms with van der Waals surface area (Å²) < 4.78 is 36.0. The maximum absolute atomic E-state index is 13.7. The first-order valence-electron chi connectivity index (χ1n) is 12.7. The molecular weight excluding hydrogens is 557 g/mol. The summed E-state index contributed by atoms with van der Waals surface area (Å²) in [5, 5.41) is 10.4. The molecule has 0 radical (unpaired) electrons. The van der Waals surface area contributed by atoms with Gasteiger partial charge in [-0.05, 0) is 46.9 Å². The molecule has 0 fully saturated rings. The van der Waals surface area contributed by atoms with Crippen molar-refractivity contribution in [3.05, 3.63) is 104 Å². The fourth-order valence-corrected chi connectivity index (χ4v) is 4.56. The Labute approximate surface area is 239 Å². The minimum absolute atomic E-state index is 0.0658. The van der Waals surface area contributed by atoms with Crippen LogP contribution in [0.15, 0.2) is 77.6 Å². The van der Waals surface area contributed by atoms with Crippen molar-refractivity contribution in [1.29, 1.82) is 0 Å². The zero-order chi connectivity index (χ0) is 28.6. The molecule has 5 rings (SSSR count). The molecule has 2 heterocycles. The van der Waals surface area contributed by atoms with Gasteiger partial charge in [0, 0.05) is 28.1 Å². The Morgan fingerprint density at radius 2 is 1.40 bits per heavy atom. The van der Waals surface area contributed by atoms with Gasteiger partial charge in [-0.1, -0.05) is 85.6 Å². The molecule has 0 unspecified atom stereocenters. The van der Waals surface area contributed by atoms with Crippen LogP contribution in [0.4, 0.5) is 8.78 Å². The monoisotopic (exact) mass is 582 g/mol. The van der Waals surface area contributed by atoms with Gasteiger partial charge in [-0.3, -0.25) is 0 Å². The quantitative estimate of drug-likeness (QED) is 0.188. The zero-order valence-electron chi connectivity index (χ0n) is 22.0. The molecule has 6 nitrogen and oxygen atoms in total. The third kappa shape index (κ3) is 5.74. The number of halogens is 4. The molecule has 206 valence electrons. The molecule has 0 amide bonds. The fraction of sp³-hybridized carbons (Fsp3) is 0.233. The smallest absolute Gasteiger partial charge is 0.367 e. The highest BCUT2D eigenvalue weighted by Gasteiger charge is 2.26. The van der Waals surface area contributed by atoms with E-state index in [1.54, 1.807) is 36.4 Å². The summed E-state index contributed by atoms with van der Waals surface area (Å²) in [5.41, 5.74) is 3.16. The lowest BCUT2D eigenvalue weighted by atomic mass is 9.96. The number of ether oxygens (including phenoxy) is 1. The van der Waals surface area contributed by atoms with Gasteiger partial charge in [0.05, 0.1) is 18.7 Å². The predicted octanol–water partition coefficient (Wildman–Crippen LogP) is 7.73. The highest BCUT2D eigenvalue weighted by Crippen LogP contribution is 2.40. The number of hydrogen-bond acceptors (Lipinski definition) is 4. The second-order valence-corrected chi connectivity index (χ2v) is 10.9. The molecule has 2 aromatic heterocycles. The number of nitrogens with zero attached hydrogens (tertiary/aromatic N) is 4. The van der Waals surface area contributed by atoms with E-state index in [0.29, 0.717) is 39.0 Å². The van der Waals surface area contributed by atoms with E-state index in [1.165, 1.54) is 21.3 Å². The average molecular weight is 583 g/mol. The van der Waals surface area contributed by atoms with Gasteiger partial charge in [0.2, 0.25) is 5.88 Å². The van der Waals surface area contributed by atoms with Crippen molar-refractivity contribution in [2.24, 2.45) is 5.92 Å². The molecule has 40 heavy (non-hydrogen) atoms. The van der Waals surface area contributed by atoms with Crippen LogP contribution in [0.25, 0.3) is 27.9 Å². The summed E-state index contributed by atoms with van der Waals surface area (Å²) in [6, 6.07) is 20.3. The van der Waals surface area contributed by atoms with Crippen LogP contribution in [-0.2, 0) is 12.5 Å². The lowest BCUT2D eigenvalue weighted by Gasteiger charge is -2.17. The van der Waals surface area contributed by atoms with E-state index < -0.39 is 11.6 Å². The van der Waals surface area contributed by atoms with E-state index in [1.807, 2.05) is 38.1 Å². The Bertz CT molecular complexity index is 1710. The first-order chi connectivity index (χ1) is 19.0. The van der Waals surface area contributed by atoms with Gasteiger partial charge in [0.1, 0.15) is 0 Å². The maximum atomic E-state index is 13.7. The van der Waals surface area contributed by atoms with Gasteiger partial charge >= 0.3 is 5.69 Å². The summed E-state index contributed by atoms with van der Waals surface area (Å²) >= 11 is 12.4. The highest BCUT2D eigenvalue weighted by atomic mass is 35.5. The van der Waals surface area contributed by atoms with Crippen molar-refractivity contribution in [1.82, 2.24) is 19.4 Å². The molecule has 3 aromatic carbocycles. The Hall–Kier alpha value is -3.75. The molecule has 0 saturated carbocycles. The molecular formula is C30H26Cl2F2N4O2. The molecule has 5 aromatic rings. The van der Waals surface area contributed by atoms with Crippen LogP contribution >= 0.6 is 23.2 Å². The number of alkyl halides is 2. The van der Waals surface area contributed by atoms with E-state index in [-0.39, 0.29) is 23.9 Å². The van der Waals surface area contributed by atoms with Crippen LogP contribution in [0.3, 0.4) is 0 Å². The highest BCUT2D eigenvalue weighted by molar-refractivity contribution is 6.31. The first kappa shape index (κ1) is 27.8. The van der Waals surface area contributed by atoms with E-state index in [0.717, 1.165) is 18.1 Å². The normalized spacial score (nSPS) is 11.9. The molecule has 10 heteroatoms. The Morgan fingerprint density at radius 1 is 0.850 bits per heavy atom. The standard InChI is InChI=1S/C30H26Cl2F2N4O2/c1-18(2)17-40-28-26(21-8-14-24(32)15-9-21)25(20-6-12-23(31)13-7-20)27-35-37(29(39)38(27)36-28)16-19-4-10-22(11-5-19)30(3,33)34/h4-15,18H,16-17H2,1-3H3. The number of fused-ring (bicyclic) bond motifs is 1. The second-order valence-electron chi connectivity index (χ2n) is 10.0. The van der Waals surface area contributed by atoms with Crippen LogP contribution < -0.4 is 10.4 Å². The lowest BCUT2D eigenvalue weighted by molar-refractivity contribution is 0.0174. The summed E-state index contributed by atoms with van der Waals surface area (Å²) in [6.07, 6.45) is 0. The minimum Gasteiger partial charge on any atom is -0.476 e. The SMILES string of the molecule is CC(C)COc1nn2c(=O)n(Cc3ccc(C(C)(F)F)cc3)nc2c(-c2ccc(Cl)cc2)c1-c1ccc(Cl)cc1. The number of rotatable bonds is 8. The topological polar surface area (TPSA) is 61.4 Å².